The molecule has 0 aliphatic carbocycles. The van der Waals surface area contributed by atoms with Gasteiger partial charge in [-0.05, 0) is 19.8 Å². The number of hydrogen-bond acceptors (Lipinski definition) is 3. The summed E-state index contributed by atoms with van der Waals surface area (Å²) < 4.78 is 0. The van der Waals surface area contributed by atoms with Crippen LogP contribution in [0.4, 0.5) is 0 Å². The van der Waals surface area contributed by atoms with Gasteiger partial charge in [0, 0.05) is 13.0 Å². The van der Waals surface area contributed by atoms with Crippen LogP contribution in [0.1, 0.15) is 26.2 Å². The number of aliphatic imine (C=N–C) groups is 1. The van der Waals surface area contributed by atoms with Crippen LogP contribution >= 0.6 is 0 Å². The Kier molecular flexibility index (Phi) is 5.62. The van der Waals surface area contributed by atoms with Crippen LogP contribution < -0.4 is 11.5 Å². The van der Waals surface area contributed by atoms with Crippen LogP contribution in [-0.2, 0) is 4.79 Å². The summed E-state index contributed by atoms with van der Waals surface area (Å²) in [7, 11) is 0. The van der Waals surface area contributed by atoms with Crippen LogP contribution in [0.25, 0.3) is 0 Å². The number of rotatable bonds is 7. The zero-order chi connectivity index (χ0) is 11.9. The summed E-state index contributed by atoms with van der Waals surface area (Å²) in [5.74, 6) is -0.482. The molecule has 5 nitrogen and oxygen atoms in total. The number of carboxylic acids is 1. The highest BCUT2D eigenvalue weighted by Crippen LogP contribution is 2.08. The van der Waals surface area contributed by atoms with Crippen molar-refractivity contribution >= 4 is 11.8 Å². The molecule has 0 spiro atoms. The van der Waals surface area contributed by atoms with Crippen LogP contribution in [-0.4, -0.2) is 29.0 Å². The monoisotopic (exact) mass is 213 g/mol. The Hall–Kier alpha value is -1.36. The van der Waals surface area contributed by atoms with Gasteiger partial charge < -0.3 is 16.6 Å². The molecule has 5 heteroatoms. The van der Waals surface area contributed by atoms with Crippen LogP contribution in [0.15, 0.2) is 17.6 Å². The molecule has 0 rings (SSSR count). The molecule has 0 saturated carbocycles. The maximum atomic E-state index is 10.7. The molecule has 0 amide bonds. The number of nitrogens with zero attached hydrogens (tertiary/aromatic N) is 1. The topological polar surface area (TPSA) is 102 Å². The van der Waals surface area contributed by atoms with E-state index in [9.17, 15) is 4.79 Å². The van der Waals surface area contributed by atoms with Gasteiger partial charge in [0.15, 0.2) is 0 Å². The number of hydrogen-bond donors (Lipinski definition) is 3. The van der Waals surface area contributed by atoms with E-state index in [4.69, 9.17) is 16.6 Å². The molecule has 0 aliphatic heterocycles. The van der Waals surface area contributed by atoms with E-state index in [1.165, 1.54) is 6.92 Å². The number of nitrogens with two attached hydrogens (primary N) is 2. The number of carbonyl (C=O) groups is 1. The average molecular weight is 213 g/mol. The minimum absolute atomic E-state index is 0.382. The summed E-state index contributed by atoms with van der Waals surface area (Å²) in [5.41, 5.74) is 9.89. The standard InChI is InChI=1S/C10H19N3O2/c1-3-5-8(11)13-7-4-6-10(2,12)9(14)15/h3H,1,4-7,12H2,2H3,(H2,11,13)(H,14,15). The minimum atomic E-state index is -1.18. The van der Waals surface area contributed by atoms with Crippen LogP contribution in [0, 0.1) is 0 Å². The first-order chi connectivity index (χ1) is 6.90. The fraction of sp³-hybridized carbons (Fsp3) is 0.600. The predicted octanol–water partition coefficient (Wildman–Crippen LogP) is 0.502. The van der Waals surface area contributed by atoms with E-state index >= 15 is 0 Å². The minimum Gasteiger partial charge on any atom is -0.480 e. The van der Waals surface area contributed by atoms with E-state index < -0.39 is 11.5 Å². The van der Waals surface area contributed by atoms with Crippen molar-refractivity contribution in [3.63, 3.8) is 0 Å². The van der Waals surface area contributed by atoms with Gasteiger partial charge in [-0.3, -0.25) is 9.79 Å². The maximum absolute atomic E-state index is 10.7. The SMILES string of the molecule is C=CCC(N)=NCCCC(C)(N)C(=O)O. The molecule has 15 heavy (non-hydrogen) atoms. The molecule has 0 bridgehead atoms. The third-order valence-corrected chi connectivity index (χ3v) is 2.01. The van der Waals surface area contributed by atoms with Crippen molar-refractivity contribution in [2.75, 3.05) is 6.54 Å². The summed E-state index contributed by atoms with van der Waals surface area (Å²) in [6.07, 6.45) is 3.21. The van der Waals surface area contributed by atoms with Crippen LogP contribution in [0.5, 0.6) is 0 Å². The van der Waals surface area contributed by atoms with E-state index in [-0.39, 0.29) is 0 Å². The summed E-state index contributed by atoms with van der Waals surface area (Å²) in [4.78, 5) is 14.7. The molecule has 0 fully saturated rings. The van der Waals surface area contributed by atoms with Gasteiger partial charge in [0.2, 0.25) is 0 Å². The van der Waals surface area contributed by atoms with Gasteiger partial charge in [-0.2, -0.15) is 0 Å². The molecule has 5 N–H and O–H groups in total. The molecule has 0 aromatic carbocycles. The Balaban J connectivity index is 3.85. The Morgan fingerprint density at radius 1 is 1.67 bits per heavy atom. The van der Waals surface area contributed by atoms with Gasteiger partial charge in [-0.15, -0.1) is 6.58 Å². The second-order valence-corrected chi connectivity index (χ2v) is 3.69. The first-order valence-corrected chi connectivity index (χ1v) is 4.82. The van der Waals surface area contributed by atoms with E-state index in [2.05, 4.69) is 11.6 Å². The summed E-state index contributed by atoms with van der Waals surface area (Å²) in [6.45, 7) is 5.52. The van der Waals surface area contributed by atoms with Gasteiger partial charge in [0.1, 0.15) is 5.54 Å². The lowest BCUT2D eigenvalue weighted by molar-refractivity contribution is -0.142. The zero-order valence-electron chi connectivity index (χ0n) is 9.07. The lowest BCUT2D eigenvalue weighted by Crippen LogP contribution is -2.44. The molecule has 1 atom stereocenters. The molecule has 0 aromatic heterocycles. The largest absolute Gasteiger partial charge is 0.480 e. The van der Waals surface area contributed by atoms with Gasteiger partial charge in [-0.1, -0.05) is 6.08 Å². The molecule has 0 aromatic rings. The van der Waals surface area contributed by atoms with Crippen LogP contribution in [0.3, 0.4) is 0 Å². The van der Waals surface area contributed by atoms with E-state index in [0.29, 0.717) is 31.6 Å². The lowest BCUT2D eigenvalue weighted by atomic mass is 9.98. The smallest absolute Gasteiger partial charge is 0.323 e. The average Bonchev–Trinajstić information content (AvgIpc) is 2.13. The first kappa shape index (κ1) is 13.6. The van der Waals surface area contributed by atoms with E-state index in [0.717, 1.165) is 0 Å². The fourth-order valence-electron chi connectivity index (χ4n) is 0.988. The summed E-state index contributed by atoms with van der Waals surface area (Å²) in [6, 6.07) is 0. The molecule has 0 saturated heterocycles. The molecular formula is C10H19N3O2. The highest BCUT2D eigenvalue weighted by molar-refractivity contribution is 5.81. The molecule has 86 valence electrons. The van der Waals surface area contributed by atoms with Gasteiger partial charge in [0.05, 0.1) is 5.84 Å². The van der Waals surface area contributed by atoms with Crippen molar-refractivity contribution in [2.45, 2.75) is 31.7 Å². The van der Waals surface area contributed by atoms with E-state index in [1.54, 1.807) is 6.08 Å². The number of carboxylic acid groups (broad SMARTS) is 1. The van der Waals surface area contributed by atoms with Gasteiger partial charge in [0.25, 0.3) is 0 Å². The highest BCUT2D eigenvalue weighted by Gasteiger charge is 2.26. The molecule has 0 aliphatic rings. The summed E-state index contributed by atoms with van der Waals surface area (Å²) >= 11 is 0. The number of aliphatic carboxylic acids is 1. The van der Waals surface area contributed by atoms with E-state index in [1.807, 2.05) is 0 Å². The Bertz CT molecular complexity index is 259. The molecule has 1 unspecified atom stereocenters. The molecular weight excluding hydrogens is 194 g/mol. The predicted molar refractivity (Wildman–Crippen MR) is 60.8 cm³/mol. The van der Waals surface area contributed by atoms with Crippen molar-refractivity contribution in [1.82, 2.24) is 0 Å². The number of amidine groups is 1. The Morgan fingerprint density at radius 3 is 2.73 bits per heavy atom. The third-order valence-electron chi connectivity index (χ3n) is 2.01. The van der Waals surface area contributed by atoms with Crippen molar-refractivity contribution in [1.29, 1.82) is 0 Å². The normalized spacial score (nSPS) is 15.7. The summed E-state index contributed by atoms with van der Waals surface area (Å²) in [5, 5.41) is 8.74. The fourth-order valence-corrected chi connectivity index (χ4v) is 0.988. The lowest BCUT2D eigenvalue weighted by Gasteiger charge is -2.17. The van der Waals surface area contributed by atoms with Crippen molar-refractivity contribution < 1.29 is 9.90 Å². The molecule has 0 heterocycles. The second kappa shape index (κ2) is 6.19. The van der Waals surface area contributed by atoms with Crippen molar-refractivity contribution in [2.24, 2.45) is 16.5 Å². The van der Waals surface area contributed by atoms with Gasteiger partial charge >= 0.3 is 5.97 Å². The quantitative estimate of drug-likeness (QED) is 0.248. The first-order valence-electron chi connectivity index (χ1n) is 4.82. The zero-order valence-corrected chi connectivity index (χ0v) is 9.07. The van der Waals surface area contributed by atoms with Crippen LogP contribution in [0.2, 0.25) is 0 Å². The second-order valence-electron chi connectivity index (χ2n) is 3.69. The maximum Gasteiger partial charge on any atom is 0.323 e. The van der Waals surface area contributed by atoms with Gasteiger partial charge in [-0.25, -0.2) is 0 Å². The Labute approximate surface area is 89.9 Å². The highest BCUT2D eigenvalue weighted by atomic mass is 16.4. The Morgan fingerprint density at radius 2 is 2.27 bits per heavy atom. The third kappa shape index (κ3) is 5.85. The van der Waals surface area contributed by atoms with Crippen molar-refractivity contribution in [3.8, 4) is 0 Å². The molecule has 0 radical (unpaired) electrons. The van der Waals surface area contributed by atoms with Crippen molar-refractivity contribution in [3.05, 3.63) is 12.7 Å².